The lowest BCUT2D eigenvalue weighted by Gasteiger charge is -2.19. The number of nitrogens with one attached hydrogen (secondary N) is 1. The average molecular weight is 458 g/mol. The zero-order valence-electron chi connectivity index (χ0n) is 18.5. The number of ketones is 1. The lowest BCUT2D eigenvalue weighted by molar-refractivity contribution is 0.103. The van der Waals surface area contributed by atoms with Gasteiger partial charge in [-0.3, -0.25) is 9.52 Å². The number of hydrogen-bond donors (Lipinski definition) is 1. The van der Waals surface area contributed by atoms with Gasteiger partial charge in [0, 0.05) is 16.2 Å². The molecule has 4 nitrogen and oxygen atoms in total. The maximum Gasteiger partial charge on any atom is 0.261 e. The zero-order chi connectivity index (χ0) is 23.4. The summed E-state index contributed by atoms with van der Waals surface area (Å²) in [7, 11) is -3.91. The molecule has 0 atom stereocenters. The summed E-state index contributed by atoms with van der Waals surface area (Å²) in [4.78, 5) is 13.3. The van der Waals surface area contributed by atoms with Crippen LogP contribution in [0.25, 0.3) is 0 Å². The van der Waals surface area contributed by atoms with Crippen molar-refractivity contribution >= 4 is 33.1 Å². The first-order valence-corrected chi connectivity index (χ1v) is 11.7. The molecule has 0 amide bonds. The molecule has 0 saturated carbocycles. The van der Waals surface area contributed by atoms with Crippen LogP contribution in [0.3, 0.4) is 0 Å². The number of Topliss-reactive ketones (excluding diaryl/α,β-unsaturated/α-hetero) is 1. The number of benzene rings is 2. The average Bonchev–Trinajstić information content (AvgIpc) is 2.67. The minimum Gasteiger partial charge on any atom is -0.289 e. The van der Waals surface area contributed by atoms with Gasteiger partial charge in [0.1, 0.15) is 0 Å². The molecule has 0 saturated heterocycles. The van der Waals surface area contributed by atoms with Gasteiger partial charge in [0.05, 0.1) is 10.6 Å². The second kappa shape index (κ2) is 9.67. The van der Waals surface area contributed by atoms with Crippen molar-refractivity contribution < 1.29 is 13.2 Å². The van der Waals surface area contributed by atoms with Crippen molar-refractivity contribution in [1.29, 1.82) is 0 Å². The molecule has 0 aromatic heterocycles. The van der Waals surface area contributed by atoms with E-state index in [9.17, 15) is 13.2 Å². The topological polar surface area (TPSA) is 63.2 Å². The van der Waals surface area contributed by atoms with Crippen LogP contribution in [0, 0.1) is 0 Å². The predicted molar refractivity (Wildman–Crippen MR) is 129 cm³/mol. The summed E-state index contributed by atoms with van der Waals surface area (Å²) in [6.07, 6.45) is 5.03. The fraction of sp³-hybridized carbons (Fsp3) is 0.240. The minimum absolute atomic E-state index is 0.0930. The maximum absolute atomic E-state index is 13.2. The Morgan fingerprint density at radius 2 is 1.71 bits per heavy atom. The highest BCUT2D eigenvalue weighted by atomic mass is 35.5. The van der Waals surface area contributed by atoms with Gasteiger partial charge >= 0.3 is 0 Å². The van der Waals surface area contributed by atoms with Crippen molar-refractivity contribution in [3.8, 4) is 0 Å². The van der Waals surface area contributed by atoms with Crippen LogP contribution in [0.1, 0.15) is 50.5 Å². The normalized spacial score (nSPS) is 12.8. The molecule has 0 heterocycles. The zero-order valence-corrected chi connectivity index (χ0v) is 20.1. The first-order valence-electron chi connectivity index (χ1n) is 9.82. The Morgan fingerprint density at radius 1 is 1.10 bits per heavy atom. The summed E-state index contributed by atoms with van der Waals surface area (Å²) in [5.41, 5.74) is 2.33. The molecule has 6 heteroatoms. The molecule has 0 aliphatic carbocycles. The minimum atomic E-state index is -3.91. The van der Waals surface area contributed by atoms with Gasteiger partial charge in [0.15, 0.2) is 5.78 Å². The van der Waals surface area contributed by atoms with E-state index in [-0.39, 0.29) is 27.3 Å². The van der Waals surface area contributed by atoms with E-state index in [1.807, 2.05) is 0 Å². The summed E-state index contributed by atoms with van der Waals surface area (Å²) in [5, 5.41) is 0.330. The van der Waals surface area contributed by atoms with E-state index in [0.29, 0.717) is 16.2 Å². The van der Waals surface area contributed by atoms with Crippen molar-refractivity contribution in [3.63, 3.8) is 0 Å². The summed E-state index contributed by atoms with van der Waals surface area (Å²) in [6, 6.07) is 11.2. The Labute approximate surface area is 190 Å². The Kier molecular flexibility index (Phi) is 7.68. The van der Waals surface area contributed by atoms with E-state index in [1.165, 1.54) is 18.2 Å². The Balaban J connectivity index is 2.48. The smallest absolute Gasteiger partial charge is 0.261 e. The summed E-state index contributed by atoms with van der Waals surface area (Å²) < 4.78 is 28.5. The van der Waals surface area contributed by atoms with Crippen molar-refractivity contribution in [2.45, 2.75) is 44.9 Å². The standard InChI is InChI=1S/C25H28ClNO3S/c1-7-8-18(15-17(2)3)24(28)22-16-20(26)11-14-23(22)27-31(29,30)21-12-9-19(10-13-21)25(4,5)6/h7-16,27H,2H2,1,3-6H3/b8-7-,18-15+. The molecule has 0 bridgehead atoms. The maximum atomic E-state index is 13.2. The van der Waals surface area contributed by atoms with E-state index in [1.54, 1.807) is 56.3 Å². The first kappa shape index (κ1) is 24.6. The summed E-state index contributed by atoms with van der Waals surface area (Å²) >= 11 is 6.11. The van der Waals surface area contributed by atoms with Crippen LogP contribution in [0.2, 0.25) is 5.02 Å². The van der Waals surface area contributed by atoms with E-state index in [2.05, 4.69) is 32.1 Å². The van der Waals surface area contributed by atoms with Crippen LogP contribution in [-0.2, 0) is 15.4 Å². The summed E-state index contributed by atoms with van der Waals surface area (Å²) in [6.45, 7) is 13.6. The molecule has 1 N–H and O–H groups in total. The van der Waals surface area contributed by atoms with Gasteiger partial charge in [-0.15, -0.1) is 0 Å². The lowest BCUT2D eigenvalue weighted by atomic mass is 9.87. The number of carbonyl (C=O) groups is 1. The Hall–Kier alpha value is -2.63. The van der Waals surface area contributed by atoms with E-state index < -0.39 is 10.0 Å². The van der Waals surface area contributed by atoms with Gasteiger partial charge in [-0.25, -0.2) is 8.42 Å². The number of anilines is 1. The van der Waals surface area contributed by atoms with Gasteiger partial charge in [-0.05, 0) is 61.2 Å². The van der Waals surface area contributed by atoms with Gasteiger partial charge in [-0.2, -0.15) is 0 Å². The van der Waals surface area contributed by atoms with Crippen LogP contribution in [0.5, 0.6) is 0 Å². The molecule has 0 fully saturated rings. The first-order chi connectivity index (χ1) is 14.3. The van der Waals surface area contributed by atoms with Gasteiger partial charge in [-0.1, -0.05) is 68.8 Å². The van der Waals surface area contributed by atoms with E-state index in [0.717, 1.165) is 5.56 Å². The Morgan fingerprint density at radius 3 is 2.23 bits per heavy atom. The second-order valence-electron chi connectivity index (χ2n) is 8.34. The van der Waals surface area contributed by atoms with Gasteiger partial charge < -0.3 is 0 Å². The van der Waals surface area contributed by atoms with Crippen molar-refractivity contribution in [2.24, 2.45) is 0 Å². The molecule has 0 radical (unpaired) electrons. The third-order valence-corrected chi connectivity index (χ3v) is 6.13. The SMILES string of the molecule is C=C(C)/C=C(\C=C/C)C(=O)c1cc(Cl)ccc1NS(=O)(=O)c1ccc(C(C)(C)C)cc1. The highest BCUT2D eigenvalue weighted by Crippen LogP contribution is 2.28. The molecule has 2 rings (SSSR count). The van der Waals surface area contributed by atoms with Crippen LogP contribution >= 0.6 is 11.6 Å². The quantitative estimate of drug-likeness (QED) is 0.286. The second-order valence-corrected chi connectivity index (χ2v) is 10.5. The van der Waals surface area contributed by atoms with Crippen LogP contribution in [-0.4, -0.2) is 14.2 Å². The molecule has 0 aliphatic heterocycles. The lowest BCUT2D eigenvalue weighted by Crippen LogP contribution is -2.17. The summed E-state index contributed by atoms with van der Waals surface area (Å²) in [5.74, 6) is -0.357. The van der Waals surface area contributed by atoms with Crippen molar-refractivity contribution in [3.05, 3.63) is 94.6 Å². The molecule has 2 aromatic carbocycles. The Bertz CT molecular complexity index is 1150. The molecule has 164 valence electrons. The van der Waals surface area contributed by atoms with Crippen molar-refractivity contribution in [1.82, 2.24) is 0 Å². The number of rotatable bonds is 7. The molecule has 0 unspecified atom stereocenters. The molecular formula is C25H28ClNO3S. The van der Waals surface area contributed by atoms with Gasteiger partial charge in [0.2, 0.25) is 0 Å². The van der Waals surface area contributed by atoms with Crippen molar-refractivity contribution in [2.75, 3.05) is 4.72 Å². The van der Waals surface area contributed by atoms with E-state index >= 15 is 0 Å². The monoisotopic (exact) mass is 457 g/mol. The number of hydrogen-bond acceptors (Lipinski definition) is 3. The highest BCUT2D eigenvalue weighted by molar-refractivity contribution is 7.92. The third-order valence-electron chi connectivity index (χ3n) is 4.51. The van der Waals surface area contributed by atoms with Crippen LogP contribution in [0.15, 0.2) is 83.3 Å². The number of allylic oxidation sites excluding steroid dienone is 5. The van der Waals surface area contributed by atoms with Crippen LogP contribution in [0.4, 0.5) is 5.69 Å². The third kappa shape index (κ3) is 6.42. The number of sulfonamides is 1. The molecule has 0 spiro atoms. The van der Waals surface area contributed by atoms with E-state index in [4.69, 9.17) is 11.6 Å². The fourth-order valence-electron chi connectivity index (χ4n) is 2.92. The molecule has 31 heavy (non-hydrogen) atoms. The fourth-order valence-corrected chi connectivity index (χ4v) is 4.17. The molecule has 2 aromatic rings. The molecular weight excluding hydrogens is 430 g/mol. The largest absolute Gasteiger partial charge is 0.289 e. The highest BCUT2D eigenvalue weighted by Gasteiger charge is 2.22. The number of carbonyl (C=O) groups excluding carboxylic acids is 1. The number of halogens is 1. The molecule has 0 aliphatic rings. The van der Waals surface area contributed by atoms with Gasteiger partial charge in [0.25, 0.3) is 10.0 Å². The van der Waals surface area contributed by atoms with Crippen LogP contribution < -0.4 is 4.72 Å². The predicted octanol–water partition coefficient (Wildman–Crippen LogP) is 6.70.